The Kier molecular flexibility index (Phi) is 6.48. The molecule has 1 saturated heterocycles. The molecular weight excluding hydrogens is 486 g/mol. The molecule has 1 fully saturated rings. The topological polar surface area (TPSA) is 121 Å². The number of halogens is 4. The number of aromatic nitrogens is 2. The van der Waals surface area contributed by atoms with Gasteiger partial charge in [0.2, 0.25) is 5.88 Å². The van der Waals surface area contributed by atoms with E-state index in [1.54, 1.807) is 6.92 Å². The summed E-state index contributed by atoms with van der Waals surface area (Å²) < 4.78 is 73.2. The number of carbonyl (C=O) groups excluding carboxylic acids is 1. The van der Waals surface area contributed by atoms with Gasteiger partial charge in [0, 0.05) is 11.3 Å². The van der Waals surface area contributed by atoms with Crippen LogP contribution in [0.25, 0.3) is 0 Å². The Bertz CT molecular complexity index is 1260. The molecule has 3 unspecified atom stereocenters. The van der Waals surface area contributed by atoms with Crippen LogP contribution in [0.4, 0.5) is 23.2 Å². The number of nitrogens with zero attached hydrogens (tertiary/aromatic N) is 3. The number of hydrogen-bond acceptors (Lipinski definition) is 8. The number of fused-ring (bicyclic) bond motifs is 1. The highest BCUT2D eigenvalue weighted by atomic mass is 19.4. The second kappa shape index (κ2) is 9.27. The second-order valence-electron chi connectivity index (χ2n) is 8.25. The van der Waals surface area contributed by atoms with Crippen molar-refractivity contribution in [3.63, 3.8) is 0 Å². The van der Waals surface area contributed by atoms with Crippen LogP contribution in [0.5, 0.6) is 5.88 Å². The number of carbonyl (C=O) groups is 1. The van der Waals surface area contributed by atoms with E-state index in [9.17, 15) is 22.4 Å². The van der Waals surface area contributed by atoms with Crippen molar-refractivity contribution in [3.05, 3.63) is 47.7 Å². The number of benzene rings is 1. The number of nitrogens with one attached hydrogen (secondary N) is 1. The van der Waals surface area contributed by atoms with Crippen LogP contribution in [0.2, 0.25) is 0 Å². The normalized spacial score (nSPS) is 25.1. The van der Waals surface area contributed by atoms with Gasteiger partial charge in [0.15, 0.2) is 12.1 Å². The Morgan fingerprint density at radius 3 is 2.78 bits per heavy atom. The molecule has 2 aliphatic rings. The maximum atomic E-state index is 15.0. The van der Waals surface area contributed by atoms with Crippen molar-refractivity contribution < 1.29 is 36.6 Å². The molecule has 3 atom stereocenters. The fourth-order valence-corrected chi connectivity index (χ4v) is 4.26. The summed E-state index contributed by atoms with van der Waals surface area (Å²) in [6.07, 6.45) is -2.42. The number of aliphatic imine (C=N–C) groups is 1. The van der Waals surface area contributed by atoms with Crippen LogP contribution >= 0.6 is 0 Å². The molecule has 1 aromatic carbocycles. The Balaban J connectivity index is 1.61. The van der Waals surface area contributed by atoms with E-state index in [-0.39, 0.29) is 29.4 Å². The van der Waals surface area contributed by atoms with Gasteiger partial charge in [-0.15, -0.1) is 5.92 Å². The monoisotopic (exact) mass is 507 g/mol. The number of alkyl halides is 3. The standard InChI is InChI=1S/C23H21F4N5O4/c1-3-4-7-35-18-10-29-16(9-30-18)19(33)31-13-5-6-15(24)14(8-13)21(2)17-11-34-12-22(17,23(25,26)27)32-20(28)36-21/h5-6,8-10,17H,7,11-12H2,1-2H3,(H2,28,32)(H,31,33). The summed E-state index contributed by atoms with van der Waals surface area (Å²) in [6, 6.07) is 2.69. The summed E-state index contributed by atoms with van der Waals surface area (Å²) in [5, 5.41) is 2.52. The Morgan fingerprint density at radius 2 is 2.11 bits per heavy atom. The predicted octanol–water partition coefficient (Wildman–Crippen LogP) is 2.78. The molecule has 9 nitrogen and oxygen atoms in total. The van der Waals surface area contributed by atoms with Crippen molar-refractivity contribution in [2.24, 2.45) is 16.6 Å². The van der Waals surface area contributed by atoms with Gasteiger partial charge in [-0.1, -0.05) is 5.92 Å². The van der Waals surface area contributed by atoms with Crippen molar-refractivity contribution in [2.75, 3.05) is 25.1 Å². The van der Waals surface area contributed by atoms with Gasteiger partial charge < -0.3 is 25.3 Å². The first-order chi connectivity index (χ1) is 17.0. The van der Waals surface area contributed by atoms with Gasteiger partial charge in [0.05, 0.1) is 31.5 Å². The fraction of sp³-hybridized carbons (Fsp3) is 0.391. The zero-order valence-corrected chi connectivity index (χ0v) is 19.1. The third kappa shape index (κ3) is 4.39. The molecule has 0 radical (unpaired) electrons. The molecule has 4 rings (SSSR count). The second-order valence-corrected chi connectivity index (χ2v) is 8.25. The Labute approximate surface area is 203 Å². The number of amides is 1. The highest BCUT2D eigenvalue weighted by molar-refractivity contribution is 6.02. The van der Waals surface area contributed by atoms with Gasteiger partial charge >= 0.3 is 6.18 Å². The largest absolute Gasteiger partial charge is 0.463 e. The van der Waals surface area contributed by atoms with E-state index in [1.807, 2.05) is 0 Å². The zero-order valence-electron chi connectivity index (χ0n) is 19.1. The number of amidine groups is 1. The molecule has 13 heteroatoms. The average Bonchev–Trinajstić information content (AvgIpc) is 3.27. The Morgan fingerprint density at radius 1 is 1.33 bits per heavy atom. The van der Waals surface area contributed by atoms with Crippen LogP contribution in [-0.4, -0.2) is 53.4 Å². The highest BCUT2D eigenvalue weighted by Gasteiger charge is 2.70. The van der Waals surface area contributed by atoms with E-state index in [4.69, 9.17) is 19.9 Å². The molecule has 36 heavy (non-hydrogen) atoms. The van der Waals surface area contributed by atoms with Crippen LogP contribution in [0.1, 0.15) is 29.9 Å². The van der Waals surface area contributed by atoms with Crippen molar-refractivity contribution in [3.8, 4) is 17.7 Å². The third-order valence-corrected chi connectivity index (χ3v) is 6.05. The molecule has 2 aliphatic heterocycles. The number of hydrogen-bond donors (Lipinski definition) is 2. The van der Waals surface area contributed by atoms with E-state index in [1.165, 1.54) is 31.5 Å². The smallest absolute Gasteiger partial charge is 0.416 e. The van der Waals surface area contributed by atoms with Crippen molar-refractivity contribution in [1.29, 1.82) is 0 Å². The van der Waals surface area contributed by atoms with E-state index in [0.717, 1.165) is 6.07 Å². The molecule has 2 aromatic rings. The highest BCUT2D eigenvalue weighted by Crippen LogP contribution is 2.54. The lowest BCUT2D eigenvalue weighted by Crippen LogP contribution is -2.61. The number of ether oxygens (including phenoxy) is 3. The minimum atomic E-state index is -4.83. The summed E-state index contributed by atoms with van der Waals surface area (Å²) >= 11 is 0. The summed E-state index contributed by atoms with van der Waals surface area (Å²) in [4.78, 5) is 24.1. The first-order valence-corrected chi connectivity index (χ1v) is 10.6. The van der Waals surface area contributed by atoms with E-state index in [0.29, 0.717) is 0 Å². The maximum absolute atomic E-state index is 15.0. The van der Waals surface area contributed by atoms with Crippen molar-refractivity contribution >= 4 is 17.6 Å². The average molecular weight is 507 g/mol. The molecule has 0 spiro atoms. The molecule has 3 N–H and O–H groups in total. The molecule has 3 heterocycles. The first kappa shape index (κ1) is 25.2. The number of anilines is 1. The zero-order chi connectivity index (χ0) is 26.1. The summed E-state index contributed by atoms with van der Waals surface area (Å²) in [5.74, 6) is 2.52. The van der Waals surface area contributed by atoms with Gasteiger partial charge in [-0.2, -0.15) is 13.2 Å². The Hall–Kier alpha value is -3.92. The molecule has 1 aromatic heterocycles. The summed E-state index contributed by atoms with van der Waals surface area (Å²) in [7, 11) is 0. The van der Waals surface area contributed by atoms with Crippen LogP contribution < -0.4 is 15.8 Å². The van der Waals surface area contributed by atoms with E-state index in [2.05, 4.69) is 32.1 Å². The maximum Gasteiger partial charge on any atom is 0.416 e. The molecule has 190 valence electrons. The van der Waals surface area contributed by atoms with E-state index >= 15 is 0 Å². The fourth-order valence-electron chi connectivity index (χ4n) is 4.26. The number of rotatable bonds is 5. The van der Waals surface area contributed by atoms with Crippen LogP contribution in [0.15, 0.2) is 35.6 Å². The van der Waals surface area contributed by atoms with Crippen molar-refractivity contribution in [1.82, 2.24) is 9.97 Å². The van der Waals surface area contributed by atoms with Crippen molar-refractivity contribution in [2.45, 2.75) is 31.2 Å². The lowest BCUT2D eigenvalue weighted by atomic mass is 9.71. The van der Waals surface area contributed by atoms with E-state index < -0.39 is 54.2 Å². The lowest BCUT2D eigenvalue weighted by Gasteiger charge is -2.46. The molecule has 0 saturated carbocycles. The third-order valence-electron chi connectivity index (χ3n) is 6.05. The van der Waals surface area contributed by atoms with Gasteiger partial charge in [0.1, 0.15) is 17.1 Å². The van der Waals surface area contributed by atoms with Crippen LogP contribution in [-0.2, 0) is 15.1 Å². The molecule has 0 bridgehead atoms. The predicted molar refractivity (Wildman–Crippen MR) is 118 cm³/mol. The molecule has 1 amide bonds. The van der Waals surface area contributed by atoms with Crippen LogP contribution in [0, 0.1) is 23.6 Å². The van der Waals surface area contributed by atoms with Crippen LogP contribution in [0.3, 0.4) is 0 Å². The summed E-state index contributed by atoms with van der Waals surface area (Å²) in [6.45, 7) is 1.87. The molecule has 0 aliphatic carbocycles. The number of nitrogens with two attached hydrogens (primary N) is 1. The lowest BCUT2D eigenvalue weighted by molar-refractivity contribution is -0.216. The SMILES string of the molecule is CC#CCOc1cnc(C(=O)Nc2ccc(F)c(C3(C)OC(N)=NC4(C(F)(F)F)COCC34)c2)cn1. The quantitative estimate of drug-likeness (QED) is 0.472. The van der Waals surface area contributed by atoms with Gasteiger partial charge in [-0.3, -0.25) is 4.79 Å². The minimum absolute atomic E-state index is 0.0772. The first-order valence-electron chi connectivity index (χ1n) is 10.6. The van der Waals surface area contributed by atoms with Gasteiger partial charge in [-0.05, 0) is 32.0 Å². The van der Waals surface area contributed by atoms with Gasteiger partial charge in [-0.25, -0.2) is 19.4 Å². The minimum Gasteiger partial charge on any atom is -0.463 e. The summed E-state index contributed by atoms with van der Waals surface area (Å²) in [5.41, 5.74) is 0.781. The van der Waals surface area contributed by atoms with Gasteiger partial charge in [0.25, 0.3) is 11.9 Å². The molecular formula is C23H21F4N5O4.